The number of rotatable bonds is 5. The summed E-state index contributed by atoms with van der Waals surface area (Å²) in [6.45, 7) is 0. The molecule has 0 fully saturated rings. The van der Waals surface area contributed by atoms with Gasteiger partial charge in [-0.15, -0.1) is 10.2 Å². The van der Waals surface area contributed by atoms with Gasteiger partial charge in [0.2, 0.25) is 0 Å². The highest BCUT2D eigenvalue weighted by atomic mass is 79.9. The van der Waals surface area contributed by atoms with Crippen LogP contribution in [0.25, 0.3) is 22.8 Å². The van der Waals surface area contributed by atoms with E-state index in [-0.39, 0.29) is 4.90 Å². The molecule has 1 aromatic heterocycles. The highest BCUT2D eigenvalue weighted by molar-refractivity contribution is 9.10. The summed E-state index contributed by atoms with van der Waals surface area (Å²) in [6, 6.07) is 24.9. The van der Waals surface area contributed by atoms with Gasteiger partial charge in [0, 0.05) is 15.6 Å². The van der Waals surface area contributed by atoms with Gasteiger partial charge in [0.05, 0.1) is 4.90 Å². The first kappa shape index (κ1) is 18.4. The molecule has 28 heavy (non-hydrogen) atoms. The molecular weight excluding hydrogens is 440 g/mol. The van der Waals surface area contributed by atoms with Crippen molar-refractivity contribution >= 4 is 26.0 Å². The number of halogens is 1. The van der Waals surface area contributed by atoms with E-state index < -0.39 is 10.0 Å². The molecule has 0 aliphatic rings. The molecule has 4 rings (SSSR count). The maximum atomic E-state index is 12.9. The van der Waals surface area contributed by atoms with Crippen LogP contribution in [0.1, 0.15) is 0 Å². The van der Waals surface area contributed by atoms with Gasteiger partial charge in [-0.3, -0.25) is 0 Å². The number of nitrogens with one attached hydrogen (secondary N) is 1. The number of aromatic nitrogens is 3. The minimum absolute atomic E-state index is 0.157. The molecule has 0 bridgehead atoms. The Morgan fingerprint density at radius 2 is 1.21 bits per heavy atom. The van der Waals surface area contributed by atoms with Crippen molar-refractivity contribution in [2.75, 3.05) is 4.83 Å². The van der Waals surface area contributed by atoms with Gasteiger partial charge >= 0.3 is 0 Å². The average Bonchev–Trinajstić information content (AvgIpc) is 3.13. The number of benzene rings is 3. The third kappa shape index (κ3) is 3.69. The number of sulfonamides is 1. The van der Waals surface area contributed by atoms with E-state index in [2.05, 4.69) is 31.0 Å². The van der Waals surface area contributed by atoms with Gasteiger partial charge < -0.3 is 0 Å². The Kier molecular flexibility index (Phi) is 4.97. The SMILES string of the molecule is O=S(=O)(Nn1c(-c2ccccc2)nnc1-c1ccc(Br)cc1)c1ccccc1. The van der Waals surface area contributed by atoms with E-state index in [9.17, 15) is 8.42 Å². The van der Waals surface area contributed by atoms with Crippen molar-refractivity contribution in [3.05, 3.63) is 89.4 Å². The highest BCUT2D eigenvalue weighted by Gasteiger charge is 2.21. The maximum Gasteiger partial charge on any atom is 0.275 e. The Morgan fingerprint density at radius 3 is 1.79 bits per heavy atom. The van der Waals surface area contributed by atoms with Gasteiger partial charge in [-0.25, -0.2) is 9.51 Å². The van der Waals surface area contributed by atoms with E-state index in [1.807, 2.05) is 54.6 Å². The molecule has 140 valence electrons. The van der Waals surface area contributed by atoms with Crippen LogP contribution in [0, 0.1) is 0 Å². The van der Waals surface area contributed by atoms with Crippen LogP contribution in [-0.4, -0.2) is 23.3 Å². The van der Waals surface area contributed by atoms with Gasteiger partial charge in [-0.05, 0) is 24.3 Å². The summed E-state index contributed by atoms with van der Waals surface area (Å²) in [7, 11) is -3.83. The Morgan fingerprint density at radius 1 is 0.714 bits per heavy atom. The third-order valence-corrected chi connectivity index (χ3v) is 5.91. The topological polar surface area (TPSA) is 76.9 Å². The third-order valence-electron chi connectivity index (χ3n) is 4.06. The molecule has 4 aromatic rings. The summed E-state index contributed by atoms with van der Waals surface area (Å²) in [4.78, 5) is 2.77. The lowest BCUT2D eigenvalue weighted by Crippen LogP contribution is -2.25. The molecule has 0 unspecified atom stereocenters. The first-order valence-corrected chi connectivity index (χ1v) is 10.7. The molecule has 0 spiro atoms. The molecule has 6 nitrogen and oxygen atoms in total. The quantitative estimate of drug-likeness (QED) is 0.487. The highest BCUT2D eigenvalue weighted by Crippen LogP contribution is 2.25. The van der Waals surface area contributed by atoms with Crippen LogP contribution in [0.2, 0.25) is 0 Å². The van der Waals surface area contributed by atoms with E-state index in [1.54, 1.807) is 18.2 Å². The number of hydrogen-bond donors (Lipinski definition) is 1. The molecule has 0 atom stereocenters. The predicted molar refractivity (Wildman–Crippen MR) is 112 cm³/mol. The van der Waals surface area contributed by atoms with Crippen molar-refractivity contribution in [1.82, 2.24) is 14.9 Å². The second-order valence-electron chi connectivity index (χ2n) is 5.96. The molecular formula is C20H15BrN4O2S. The second kappa shape index (κ2) is 7.57. The van der Waals surface area contributed by atoms with E-state index in [4.69, 9.17) is 0 Å². The summed E-state index contributed by atoms with van der Waals surface area (Å²) in [5, 5.41) is 8.48. The van der Waals surface area contributed by atoms with Crippen LogP contribution >= 0.6 is 15.9 Å². The van der Waals surface area contributed by atoms with E-state index >= 15 is 0 Å². The molecule has 3 aromatic carbocycles. The smallest absolute Gasteiger partial charge is 0.213 e. The molecule has 0 aliphatic heterocycles. The average molecular weight is 455 g/mol. The van der Waals surface area contributed by atoms with Crippen LogP contribution in [0.4, 0.5) is 0 Å². The molecule has 8 heteroatoms. The summed E-state index contributed by atoms with van der Waals surface area (Å²) in [6.07, 6.45) is 0. The molecule has 0 radical (unpaired) electrons. The standard InChI is InChI=1S/C20H15BrN4O2S/c21-17-13-11-16(12-14-17)20-23-22-19(15-7-3-1-4-8-15)25(20)24-28(26,27)18-9-5-2-6-10-18/h1-14,24H. The Hall–Kier alpha value is -2.97. The number of hydrogen-bond acceptors (Lipinski definition) is 4. The maximum absolute atomic E-state index is 12.9. The molecule has 1 N–H and O–H groups in total. The lowest BCUT2D eigenvalue weighted by Gasteiger charge is -2.14. The van der Waals surface area contributed by atoms with Crippen LogP contribution in [0.15, 0.2) is 94.3 Å². The molecule has 0 aliphatic carbocycles. The van der Waals surface area contributed by atoms with Crippen molar-refractivity contribution in [3.8, 4) is 22.8 Å². The van der Waals surface area contributed by atoms with Crippen LogP contribution in [0.3, 0.4) is 0 Å². The summed E-state index contributed by atoms with van der Waals surface area (Å²) in [5.41, 5.74) is 1.47. The van der Waals surface area contributed by atoms with Gasteiger partial charge in [0.25, 0.3) is 10.0 Å². The fourth-order valence-electron chi connectivity index (χ4n) is 2.70. The van der Waals surface area contributed by atoms with Crippen molar-refractivity contribution in [1.29, 1.82) is 0 Å². The second-order valence-corrected chi connectivity index (χ2v) is 8.54. The van der Waals surface area contributed by atoms with Gasteiger partial charge in [0.1, 0.15) is 0 Å². The zero-order valence-electron chi connectivity index (χ0n) is 14.5. The normalized spacial score (nSPS) is 11.3. The first-order valence-electron chi connectivity index (χ1n) is 8.39. The minimum Gasteiger partial charge on any atom is -0.213 e. The van der Waals surface area contributed by atoms with Crippen molar-refractivity contribution in [2.45, 2.75) is 4.90 Å². The monoisotopic (exact) mass is 454 g/mol. The lowest BCUT2D eigenvalue weighted by atomic mass is 10.2. The predicted octanol–water partition coefficient (Wildman–Crippen LogP) is 4.31. The molecule has 0 saturated heterocycles. The minimum atomic E-state index is -3.83. The van der Waals surface area contributed by atoms with Gasteiger partial charge in [-0.2, -0.15) is 8.42 Å². The van der Waals surface area contributed by atoms with Crippen LogP contribution < -0.4 is 4.83 Å². The summed E-state index contributed by atoms with van der Waals surface area (Å²) < 4.78 is 28.2. The fourth-order valence-corrected chi connectivity index (χ4v) is 4.00. The van der Waals surface area contributed by atoms with Crippen molar-refractivity contribution < 1.29 is 8.42 Å². The van der Waals surface area contributed by atoms with E-state index in [0.29, 0.717) is 11.6 Å². The Balaban J connectivity index is 1.85. The lowest BCUT2D eigenvalue weighted by molar-refractivity contribution is 0.595. The van der Waals surface area contributed by atoms with Crippen molar-refractivity contribution in [3.63, 3.8) is 0 Å². The van der Waals surface area contributed by atoms with Gasteiger partial charge in [-0.1, -0.05) is 76.6 Å². The largest absolute Gasteiger partial charge is 0.275 e. The zero-order valence-corrected chi connectivity index (χ0v) is 16.9. The summed E-state index contributed by atoms with van der Waals surface area (Å²) in [5.74, 6) is 0.795. The van der Waals surface area contributed by atoms with Gasteiger partial charge in [0.15, 0.2) is 11.6 Å². The fraction of sp³-hybridized carbons (Fsp3) is 0. The molecule has 0 amide bonds. The first-order chi connectivity index (χ1) is 13.5. The molecule has 0 saturated carbocycles. The van der Waals surface area contributed by atoms with Crippen LogP contribution in [-0.2, 0) is 10.0 Å². The van der Waals surface area contributed by atoms with E-state index in [1.165, 1.54) is 16.8 Å². The zero-order chi connectivity index (χ0) is 19.6. The Labute approximate surface area is 171 Å². The summed E-state index contributed by atoms with van der Waals surface area (Å²) >= 11 is 3.40. The number of nitrogens with zero attached hydrogens (tertiary/aromatic N) is 3. The Bertz CT molecular complexity index is 1190. The van der Waals surface area contributed by atoms with E-state index in [0.717, 1.165) is 15.6 Å². The van der Waals surface area contributed by atoms with Crippen LogP contribution in [0.5, 0.6) is 0 Å². The molecule has 1 heterocycles. The van der Waals surface area contributed by atoms with Crippen molar-refractivity contribution in [2.24, 2.45) is 0 Å².